The van der Waals surface area contributed by atoms with Gasteiger partial charge in [-0.1, -0.05) is 18.2 Å². The van der Waals surface area contributed by atoms with Crippen molar-refractivity contribution in [3.05, 3.63) is 35.6 Å². The summed E-state index contributed by atoms with van der Waals surface area (Å²) in [5.41, 5.74) is 5.16. The number of rotatable bonds is 3. The average Bonchev–Trinajstić information content (AvgIpc) is 2.14. The summed E-state index contributed by atoms with van der Waals surface area (Å²) in [5.74, 6) is -0.494. The second-order valence-electron chi connectivity index (χ2n) is 3.28. The highest BCUT2D eigenvalue weighted by Gasteiger charge is 2.36. The first-order chi connectivity index (χ1) is 6.91. The van der Waals surface area contributed by atoms with E-state index in [0.29, 0.717) is 0 Å². The van der Waals surface area contributed by atoms with Gasteiger partial charge >= 0.3 is 6.18 Å². The number of alkyl halides is 3. The van der Waals surface area contributed by atoms with Gasteiger partial charge in [-0.25, -0.2) is 4.39 Å². The van der Waals surface area contributed by atoms with Crippen molar-refractivity contribution in [2.24, 2.45) is 5.73 Å². The highest BCUT2D eigenvalue weighted by molar-refractivity contribution is 5.17. The van der Waals surface area contributed by atoms with Gasteiger partial charge in [0.25, 0.3) is 0 Å². The van der Waals surface area contributed by atoms with Crippen LogP contribution in [0.1, 0.15) is 12.0 Å². The number of nitrogens with two attached hydrogens (primary N) is 1. The molecule has 1 rings (SSSR count). The number of benzene rings is 1. The molecule has 1 nitrogen and oxygen atoms in total. The fraction of sp³-hybridized carbons (Fsp3) is 0.400. The van der Waals surface area contributed by atoms with Crippen LogP contribution in [0.3, 0.4) is 0 Å². The van der Waals surface area contributed by atoms with Crippen LogP contribution in [0, 0.1) is 5.82 Å². The minimum absolute atomic E-state index is 0.00660. The van der Waals surface area contributed by atoms with E-state index >= 15 is 0 Å². The van der Waals surface area contributed by atoms with E-state index in [0.717, 1.165) is 0 Å². The van der Waals surface area contributed by atoms with Crippen LogP contribution in [-0.4, -0.2) is 12.2 Å². The van der Waals surface area contributed by atoms with Crippen molar-refractivity contribution >= 4 is 0 Å². The number of hydrogen-bond acceptors (Lipinski definition) is 1. The smallest absolute Gasteiger partial charge is 0.320 e. The molecular weight excluding hydrogens is 210 g/mol. The van der Waals surface area contributed by atoms with Gasteiger partial charge in [-0.05, 0) is 24.5 Å². The molecule has 0 radical (unpaired) electrons. The van der Waals surface area contributed by atoms with E-state index in [4.69, 9.17) is 5.73 Å². The lowest BCUT2D eigenvalue weighted by molar-refractivity contribution is -0.148. The molecule has 0 aromatic heterocycles. The number of aryl methyl sites for hydroxylation is 1. The van der Waals surface area contributed by atoms with Gasteiger partial charge in [0.1, 0.15) is 11.9 Å². The van der Waals surface area contributed by atoms with E-state index in [1.807, 2.05) is 0 Å². The Morgan fingerprint density at radius 3 is 2.33 bits per heavy atom. The molecule has 0 bridgehead atoms. The SMILES string of the molecule is N[C@@H](CCc1ccccc1F)C(F)(F)F. The van der Waals surface area contributed by atoms with Gasteiger partial charge in [-0.3, -0.25) is 0 Å². The molecule has 1 aromatic carbocycles. The topological polar surface area (TPSA) is 26.0 Å². The van der Waals surface area contributed by atoms with Crippen LogP contribution in [0.4, 0.5) is 17.6 Å². The monoisotopic (exact) mass is 221 g/mol. The van der Waals surface area contributed by atoms with Crippen LogP contribution in [0.2, 0.25) is 0 Å². The molecular formula is C10H11F4N. The molecule has 0 amide bonds. The van der Waals surface area contributed by atoms with Crippen LogP contribution in [-0.2, 0) is 6.42 Å². The van der Waals surface area contributed by atoms with Crippen molar-refractivity contribution in [3.8, 4) is 0 Å². The first-order valence-electron chi connectivity index (χ1n) is 4.47. The second-order valence-corrected chi connectivity index (χ2v) is 3.28. The predicted octanol–water partition coefficient (Wildman–Crippen LogP) is 2.65. The fourth-order valence-electron chi connectivity index (χ4n) is 1.18. The Balaban J connectivity index is 2.55. The molecule has 0 saturated heterocycles. The maximum absolute atomic E-state index is 13.0. The van der Waals surface area contributed by atoms with Crippen LogP contribution in [0.15, 0.2) is 24.3 Å². The molecule has 84 valence electrons. The first kappa shape index (κ1) is 12.0. The Morgan fingerprint density at radius 2 is 1.80 bits per heavy atom. The maximum Gasteiger partial charge on any atom is 0.403 e. The molecule has 0 aliphatic rings. The van der Waals surface area contributed by atoms with Gasteiger partial charge < -0.3 is 5.73 Å². The summed E-state index contributed by atoms with van der Waals surface area (Å²) in [6.45, 7) is 0. The first-order valence-corrected chi connectivity index (χ1v) is 4.47. The minimum atomic E-state index is -4.41. The van der Waals surface area contributed by atoms with Crippen LogP contribution in [0.5, 0.6) is 0 Å². The van der Waals surface area contributed by atoms with Gasteiger partial charge in [0.15, 0.2) is 0 Å². The van der Waals surface area contributed by atoms with Crippen molar-refractivity contribution < 1.29 is 17.6 Å². The molecule has 0 saturated carbocycles. The van der Waals surface area contributed by atoms with Crippen molar-refractivity contribution in [3.63, 3.8) is 0 Å². The third-order valence-electron chi connectivity index (χ3n) is 2.10. The summed E-state index contributed by atoms with van der Waals surface area (Å²) in [7, 11) is 0. The molecule has 1 aromatic rings. The zero-order valence-corrected chi connectivity index (χ0v) is 7.89. The Labute approximate surface area is 84.9 Å². The minimum Gasteiger partial charge on any atom is -0.320 e. The molecule has 0 aliphatic carbocycles. The largest absolute Gasteiger partial charge is 0.403 e. The van der Waals surface area contributed by atoms with E-state index in [1.54, 1.807) is 6.07 Å². The average molecular weight is 221 g/mol. The lowest BCUT2D eigenvalue weighted by Gasteiger charge is -2.15. The third-order valence-corrected chi connectivity index (χ3v) is 2.10. The second kappa shape index (κ2) is 4.61. The molecule has 15 heavy (non-hydrogen) atoms. The summed E-state index contributed by atoms with van der Waals surface area (Å²) in [6, 6.07) is 3.85. The summed E-state index contributed by atoms with van der Waals surface area (Å²) < 4.78 is 49.1. The number of hydrogen-bond donors (Lipinski definition) is 1. The Morgan fingerprint density at radius 1 is 1.20 bits per heavy atom. The van der Waals surface area contributed by atoms with Crippen molar-refractivity contribution in [1.29, 1.82) is 0 Å². The van der Waals surface area contributed by atoms with Crippen molar-refractivity contribution in [1.82, 2.24) is 0 Å². The van der Waals surface area contributed by atoms with E-state index in [9.17, 15) is 17.6 Å². The van der Waals surface area contributed by atoms with Gasteiger partial charge in [0, 0.05) is 0 Å². The van der Waals surface area contributed by atoms with E-state index in [2.05, 4.69) is 0 Å². The molecule has 1 atom stereocenters. The molecule has 5 heteroatoms. The summed E-state index contributed by atoms with van der Waals surface area (Å²) in [4.78, 5) is 0. The summed E-state index contributed by atoms with van der Waals surface area (Å²) >= 11 is 0. The van der Waals surface area contributed by atoms with Gasteiger partial charge in [-0.2, -0.15) is 13.2 Å². The molecule has 0 heterocycles. The lowest BCUT2D eigenvalue weighted by Crippen LogP contribution is -2.37. The zero-order valence-electron chi connectivity index (χ0n) is 7.89. The molecule has 0 unspecified atom stereocenters. The zero-order chi connectivity index (χ0) is 11.5. The van der Waals surface area contributed by atoms with Gasteiger partial charge in [-0.15, -0.1) is 0 Å². The highest BCUT2D eigenvalue weighted by atomic mass is 19.4. The number of halogens is 4. The Hall–Kier alpha value is -1.10. The normalized spacial score (nSPS) is 13.9. The molecule has 0 spiro atoms. The Kier molecular flexibility index (Phi) is 3.68. The van der Waals surface area contributed by atoms with Crippen LogP contribution < -0.4 is 5.73 Å². The lowest BCUT2D eigenvalue weighted by atomic mass is 10.1. The molecule has 2 N–H and O–H groups in total. The van der Waals surface area contributed by atoms with E-state index in [-0.39, 0.29) is 18.4 Å². The van der Waals surface area contributed by atoms with E-state index < -0.39 is 18.0 Å². The summed E-state index contributed by atoms with van der Waals surface area (Å²) in [5, 5.41) is 0. The quantitative estimate of drug-likeness (QED) is 0.780. The molecule has 0 aliphatic heterocycles. The standard InChI is InChI=1S/C10H11F4N/c11-8-4-2-1-3-7(8)5-6-9(15)10(12,13)14/h1-4,9H,5-6,15H2/t9-/m0/s1. The van der Waals surface area contributed by atoms with Gasteiger partial charge in [0.05, 0.1) is 0 Å². The van der Waals surface area contributed by atoms with Crippen LogP contribution in [0.25, 0.3) is 0 Å². The third kappa shape index (κ3) is 3.51. The maximum atomic E-state index is 13.0. The van der Waals surface area contributed by atoms with E-state index in [1.165, 1.54) is 18.2 Å². The van der Waals surface area contributed by atoms with Crippen molar-refractivity contribution in [2.45, 2.75) is 25.1 Å². The van der Waals surface area contributed by atoms with Crippen LogP contribution >= 0.6 is 0 Å². The summed E-state index contributed by atoms with van der Waals surface area (Å²) in [6.07, 6.45) is -4.72. The predicted molar refractivity (Wildman–Crippen MR) is 48.8 cm³/mol. The van der Waals surface area contributed by atoms with Crippen molar-refractivity contribution in [2.75, 3.05) is 0 Å². The molecule has 0 fully saturated rings. The Bertz CT molecular complexity index is 321. The highest BCUT2D eigenvalue weighted by Crippen LogP contribution is 2.22. The van der Waals surface area contributed by atoms with Gasteiger partial charge in [0.2, 0.25) is 0 Å². The fourth-order valence-corrected chi connectivity index (χ4v) is 1.18.